The molecule has 0 aliphatic heterocycles. The molecule has 0 atom stereocenters. The molecule has 176 valence electrons. The standard InChI is InChI=1S/C26H23N5O4/c1-16-3-2-4-21(13-16)26-31-30-25(35-26)20-11-9-19(10-12-20)23(33)28-14-17-5-7-18(8-6-17)24(34)29-15-22(27)32/h2-13H,14-15H2,1H3,(H2,27,32)(H,28,33)(H,29,34). The number of rotatable bonds is 8. The van der Waals surface area contributed by atoms with Crippen LogP contribution in [0.3, 0.4) is 0 Å². The van der Waals surface area contributed by atoms with Crippen LogP contribution in [0.25, 0.3) is 22.9 Å². The molecule has 0 saturated heterocycles. The topological polar surface area (TPSA) is 140 Å². The van der Waals surface area contributed by atoms with Crippen LogP contribution in [0.15, 0.2) is 77.2 Å². The van der Waals surface area contributed by atoms with Crippen LogP contribution in [-0.4, -0.2) is 34.5 Å². The zero-order valence-corrected chi connectivity index (χ0v) is 18.9. The van der Waals surface area contributed by atoms with Gasteiger partial charge in [-0.05, 0) is 61.0 Å². The van der Waals surface area contributed by atoms with Crippen molar-refractivity contribution in [2.45, 2.75) is 13.5 Å². The van der Waals surface area contributed by atoms with Crippen molar-refractivity contribution < 1.29 is 18.8 Å². The van der Waals surface area contributed by atoms with Crippen molar-refractivity contribution in [2.75, 3.05) is 6.54 Å². The van der Waals surface area contributed by atoms with Gasteiger partial charge in [-0.15, -0.1) is 10.2 Å². The van der Waals surface area contributed by atoms with E-state index in [0.717, 1.165) is 16.7 Å². The van der Waals surface area contributed by atoms with Gasteiger partial charge in [-0.3, -0.25) is 14.4 Å². The summed E-state index contributed by atoms with van der Waals surface area (Å²) in [6, 6.07) is 21.4. The molecule has 9 nitrogen and oxygen atoms in total. The Labute approximate surface area is 201 Å². The minimum atomic E-state index is -0.616. The molecule has 0 aliphatic carbocycles. The summed E-state index contributed by atoms with van der Waals surface area (Å²) in [6.45, 7) is 2.05. The fraction of sp³-hybridized carbons (Fsp3) is 0.115. The average Bonchev–Trinajstić information content (AvgIpc) is 3.37. The van der Waals surface area contributed by atoms with Gasteiger partial charge in [0.25, 0.3) is 11.8 Å². The summed E-state index contributed by atoms with van der Waals surface area (Å²) in [4.78, 5) is 35.2. The van der Waals surface area contributed by atoms with E-state index >= 15 is 0 Å². The zero-order valence-electron chi connectivity index (χ0n) is 18.9. The summed E-state index contributed by atoms with van der Waals surface area (Å²) in [5, 5.41) is 13.5. The second-order valence-corrected chi connectivity index (χ2v) is 7.89. The Morgan fingerprint density at radius 2 is 1.40 bits per heavy atom. The number of benzene rings is 3. The van der Waals surface area contributed by atoms with E-state index in [1.54, 1.807) is 48.5 Å². The van der Waals surface area contributed by atoms with E-state index in [1.165, 1.54) is 0 Å². The second-order valence-electron chi connectivity index (χ2n) is 7.89. The highest BCUT2D eigenvalue weighted by Crippen LogP contribution is 2.24. The quantitative estimate of drug-likeness (QED) is 0.362. The van der Waals surface area contributed by atoms with Gasteiger partial charge >= 0.3 is 0 Å². The van der Waals surface area contributed by atoms with Gasteiger partial charge < -0.3 is 20.8 Å². The molecule has 3 amide bonds. The Morgan fingerprint density at radius 1 is 0.800 bits per heavy atom. The second kappa shape index (κ2) is 10.4. The molecule has 4 N–H and O–H groups in total. The van der Waals surface area contributed by atoms with Crippen LogP contribution in [0, 0.1) is 6.92 Å². The molecular formula is C26H23N5O4. The summed E-state index contributed by atoms with van der Waals surface area (Å²) in [5.74, 6) is -0.456. The van der Waals surface area contributed by atoms with Gasteiger partial charge in [-0.25, -0.2) is 0 Å². The average molecular weight is 470 g/mol. The molecule has 0 spiro atoms. The van der Waals surface area contributed by atoms with Gasteiger partial charge in [-0.1, -0.05) is 29.8 Å². The third-order valence-electron chi connectivity index (χ3n) is 5.18. The van der Waals surface area contributed by atoms with E-state index in [4.69, 9.17) is 10.2 Å². The van der Waals surface area contributed by atoms with E-state index in [0.29, 0.717) is 28.5 Å². The van der Waals surface area contributed by atoms with Gasteiger partial charge in [-0.2, -0.15) is 0 Å². The highest BCUT2D eigenvalue weighted by molar-refractivity contribution is 5.96. The summed E-state index contributed by atoms with van der Waals surface area (Å²) >= 11 is 0. The number of nitrogens with one attached hydrogen (secondary N) is 2. The lowest BCUT2D eigenvalue weighted by molar-refractivity contribution is -0.117. The normalized spacial score (nSPS) is 10.5. The summed E-state index contributed by atoms with van der Waals surface area (Å²) in [7, 11) is 0. The molecule has 1 heterocycles. The Bertz CT molecular complexity index is 1360. The van der Waals surface area contributed by atoms with Crippen molar-refractivity contribution in [3.8, 4) is 22.9 Å². The fourth-order valence-electron chi connectivity index (χ4n) is 3.33. The van der Waals surface area contributed by atoms with Crippen molar-refractivity contribution in [1.82, 2.24) is 20.8 Å². The number of carbonyl (C=O) groups excluding carboxylic acids is 3. The van der Waals surface area contributed by atoms with Crippen molar-refractivity contribution in [2.24, 2.45) is 5.73 Å². The van der Waals surface area contributed by atoms with Crippen LogP contribution in [-0.2, 0) is 11.3 Å². The molecule has 9 heteroatoms. The molecule has 0 unspecified atom stereocenters. The van der Waals surface area contributed by atoms with Crippen molar-refractivity contribution in [3.63, 3.8) is 0 Å². The minimum Gasteiger partial charge on any atom is -0.416 e. The third kappa shape index (κ3) is 5.97. The van der Waals surface area contributed by atoms with Gasteiger partial charge in [0.2, 0.25) is 17.7 Å². The van der Waals surface area contributed by atoms with Crippen molar-refractivity contribution in [3.05, 3.63) is 95.1 Å². The number of amides is 3. The number of aromatic nitrogens is 2. The van der Waals surface area contributed by atoms with E-state index < -0.39 is 11.8 Å². The number of hydrogen-bond acceptors (Lipinski definition) is 6. The molecule has 0 fully saturated rings. The molecule has 3 aromatic carbocycles. The van der Waals surface area contributed by atoms with Gasteiger partial charge in [0.1, 0.15) is 0 Å². The highest BCUT2D eigenvalue weighted by atomic mass is 16.4. The first-order valence-corrected chi connectivity index (χ1v) is 10.8. The molecule has 0 saturated carbocycles. The predicted octanol–water partition coefficient (Wildman–Crippen LogP) is 2.86. The maximum Gasteiger partial charge on any atom is 0.251 e. The largest absolute Gasteiger partial charge is 0.416 e. The lowest BCUT2D eigenvalue weighted by atomic mass is 10.1. The Balaban J connectivity index is 1.34. The van der Waals surface area contributed by atoms with Crippen LogP contribution in [0.1, 0.15) is 31.8 Å². The number of aryl methyl sites for hydroxylation is 1. The van der Waals surface area contributed by atoms with Crippen LogP contribution in [0.4, 0.5) is 0 Å². The van der Waals surface area contributed by atoms with Crippen LogP contribution >= 0.6 is 0 Å². The predicted molar refractivity (Wildman–Crippen MR) is 129 cm³/mol. The smallest absolute Gasteiger partial charge is 0.251 e. The van der Waals surface area contributed by atoms with Crippen LogP contribution in [0.5, 0.6) is 0 Å². The maximum absolute atomic E-state index is 12.5. The molecule has 4 rings (SSSR count). The molecular weight excluding hydrogens is 446 g/mol. The third-order valence-corrected chi connectivity index (χ3v) is 5.18. The molecule has 0 bridgehead atoms. The van der Waals surface area contributed by atoms with E-state index in [-0.39, 0.29) is 19.0 Å². The molecule has 35 heavy (non-hydrogen) atoms. The number of carbonyl (C=O) groups is 3. The van der Waals surface area contributed by atoms with Gasteiger partial charge in [0.15, 0.2) is 0 Å². The van der Waals surface area contributed by atoms with E-state index in [1.807, 2.05) is 31.2 Å². The Kier molecular flexibility index (Phi) is 6.96. The molecule has 0 aliphatic rings. The van der Waals surface area contributed by atoms with Crippen LogP contribution < -0.4 is 16.4 Å². The zero-order chi connectivity index (χ0) is 24.8. The van der Waals surface area contributed by atoms with E-state index in [2.05, 4.69) is 20.8 Å². The molecule has 0 radical (unpaired) electrons. The number of primary amides is 1. The fourth-order valence-corrected chi connectivity index (χ4v) is 3.33. The molecule has 4 aromatic rings. The van der Waals surface area contributed by atoms with E-state index in [9.17, 15) is 14.4 Å². The molecule has 1 aromatic heterocycles. The lowest BCUT2D eigenvalue weighted by Crippen LogP contribution is -2.33. The number of nitrogens with two attached hydrogens (primary N) is 1. The Morgan fingerprint density at radius 3 is 2.03 bits per heavy atom. The SMILES string of the molecule is Cc1cccc(-c2nnc(-c3ccc(C(=O)NCc4ccc(C(=O)NCC(N)=O)cc4)cc3)o2)c1. The first-order valence-electron chi connectivity index (χ1n) is 10.8. The minimum absolute atomic E-state index is 0.226. The van der Waals surface area contributed by atoms with Gasteiger partial charge in [0.05, 0.1) is 6.54 Å². The van der Waals surface area contributed by atoms with Crippen LogP contribution in [0.2, 0.25) is 0 Å². The summed E-state index contributed by atoms with van der Waals surface area (Å²) in [6.07, 6.45) is 0. The lowest BCUT2D eigenvalue weighted by Gasteiger charge is -2.07. The maximum atomic E-state index is 12.5. The summed E-state index contributed by atoms with van der Waals surface area (Å²) < 4.78 is 5.80. The first kappa shape index (κ1) is 23.4. The van der Waals surface area contributed by atoms with Crippen molar-refractivity contribution in [1.29, 1.82) is 0 Å². The number of hydrogen-bond donors (Lipinski definition) is 3. The number of nitrogens with zero attached hydrogens (tertiary/aromatic N) is 2. The first-order chi connectivity index (χ1) is 16.9. The summed E-state index contributed by atoms with van der Waals surface area (Å²) in [5.41, 5.74) is 9.36. The van der Waals surface area contributed by atoms with Gasteiger partial charge in [0, 0.05) is 28.8 Å². The Hall–Kier alpha value is -4.79. The monoisotopic (exact) mass is 469 g/mol. The highest BCUT2D eigenvalue weighted by Gasteiger charge is 2.12. The van der Waals surface area contributed by atoms with Crippen molar-refractivity contribution >= 4 is 17.7 Å².